The van der Waals surface area contributed by atoms with Crippen LogP contribution in [-0.4, -0.2) is 5.71 Å². The number of hydrogen-bond donors (Lipinski definition) is 0. The van der Waals surface area contributed by atoms with E-state index < -0.39 is 0 Å². The van der Waals surface area contributed by atoms with Crippen LogP contribution in [0.25, 0.3) is 0 Å². The van der Waals surface area contributed by atoms with Crippen LogP contribution in [-0.2, 0) is 0 Å². The minimum atomic E-state index is 0.914. The molecule has 0 bridgehead atoms. The summed E-state index contributed by atoms with van der Waals surface area (Å²) in [6.07, 6.45) is 8.85. The highest BCUT2D eigenvalue weighted by atomic mass is 14.7. The standard InChI is InChI=1S/C12H11N.C2H6/c1-3-7-11(8-4-1)12-9-5-2-6-10-13-12;1-2/h1-8,10H,9H2;1-2H3. The summed E-state index contributed by atoms with van der Waals surface area (Å²) >= 11 is 0. The monoisotopic (exact) mass is 199 g/mol. The Balaban J connectivity index is 0.000000531. The molecule has 1 nitrogen and oxygen atoms in total. The highest BCUT2D eigenvalue weighted by Gasteiger charge is 1.99. The van der Waals surface area contributed by atoms with E-state index in [1.165, 1.54) is 5.56 Å². The van der Waals surface area contributed by atoms with Crippen LogP contribution >= 0.6 is 0 Å². The van der Waals surface area contributed by atoms with Crippen molar-refractivity contribution in [2.45, 2.75) is 20.3 Å². The summed E-state index contributed by atoms with van der Waals surface area (Å²) < 4.78 is 0. The smallest absolute Gasteiger partial charge is 0.0513 e. The fourth-order valence-corrected chi connectivity index (χ4v) is 1.32. The van der Waals surface area contributed by atoms with Crippen LogP contribution in [0.2, 0.25) is 0 Å². The van der Waals surface area contributed by atoms with Crippen LogP contribution in [0.5, 0.6) is 0 Å². The van der Waals surface area contributed by atoms with Crippen molar-refractivity contribution in [2.75, 3.05) is 0 Å². The number of nitrogens with zero attached hydrogens (tertiary/aromatic N) is 1. The summed E-state index contributed by atoms with van der Waals surface area (Å²) in [7, 11) is 0. The minimum absolute atomic E-state index is 0.914. The molecular formula is C14H17N. The molecule has 0 atom stereocenters. The molecule has 0 aliphatic carbocycles. The maximum atomic E-state index is 4.37. The van der Waals surface area contributed by atoms with Crippen molar-refractivity contribution in [3.63, 3.8) is 0 Å². The average Bonchev–Trinajstić information content (AvgIpc) is 2.61. The van der Waals surface area contributed by atoms with Gasteiger partial charge in [0.05, 0.1) is 5.71 Å². The van der Waals surface area contributed by atoms with Crippen LogP contribution < -0.4 is 0 Å². The Kier molecular flexibility index (Phi) is 5.16. The van der Waals surface area contributed by atoms with Gasteiger partial charge in [0.15, 0.2) is 0 Å². The van der Waals surface area contributed by atoms with E-state index in [4.69, 9.17) is 0 Å². The lowest BCUT2D eigenvalue weighted by Crippen LogP contribution is -1.97. The number of allylic oxidation sites excluding steroid dienone is 3. The van der Waals surface area contributed by atoms with Crippen LogP contribution in [0.4, 0.5) is 0 Å². The molecule has 78 valence electrons. The lowest BCUT2D eigenvalue weighted by molar-refractivity contribution is 1.41. The third kappa shape index (κ3) is 3.55. The number of aliphatic imine (C=N–C) groups is 1. The Hall–Kier alpha value is -1.63. The molecular weight excluding hydrogens is 182 g/mol. The molecule has 0 spiro atoms. The van der Waals surface area contributed by atoms with Crippen LogP contribution in [0.3, 0.4) is 0 Å². The first kappa shape index (κ1) is 11.4. The second kappa shape index (κ2) is 6.77. The molecule has 1 aliphatic heterocycles. The van der Waals surface area contributed by atoms with Gasteiger partial charge in [-0.15, -0.1) is 0 Å². The second-order valence-electron chi connectivity index (χ2n) is 2.92. The molecule has 0 saturated heterocycles. The van der Waals surface area contributed by atoms with Crippen LogP contribution in [0.15, 0.2) is 59.8 Å². The summed E-state index contributed by atoms with van der Waals surface area (Å²) in [6, 6.07) is 10.3. The molecule has 1 aliphatic rings. The van der Waals surface area contributed by atoms with E-state index in [9.17, 15) is 0 Å². The zero-order valence-corrected chi connectivity index (χ0v) is 9.35. The summed E-state index contributed by atoms with van der Waals surface area (Å²) in [5.41, 5.74) is 2.34. The number of hydrogen-bond acceptors (Lipinski definition) is 1. The van der Waals surface area contributed by atoms with Crippen molar-refractivity contribution >= 4 is 5.71 Å². The molecule has 0 N–H and O–H groups in total. The molecule has 1 heteroatoms. The molecule has 2 rings (SSSR count). The molecule has 15 heavy (non-hydrogen) atoms. The van der Waals surface area contributed by atoms with E-state index in [0.29, 0.717) is 0 Å². The molecule has 0 saturated carbocycles. The van der Waals surface area contributed by atoms with E-state index in [1.807, 2.05) is 50.4 Å². The summed E-state index contributed by atoms with van der Waals surface area (Å²) in [4.78, 5) is 4.37. The normalized spacial score (nSPS) is 13.6. The molecule has 1 aromatic rings. The van der Waals surface area contributed by atoms with E-state index in [1.54, 1.807) is 0 Å². The van der Waals surface area contributed by atoms with Crippen molar-refractivity contribution in [1.82, 2.24) is 0 Å². The highest BCUT2D eigenvalue weighted by Crippen LogP contribution is 2.07. The van der Waals surface area contributed by atoms with Gasteiger partial charge in [0.1, 0.15) is 0 Å². The first-order valence-corrected chi connectivity index (χ1v) is 5.40. The Morgan fingerprint density at radius 3 is 2.47 bits per heavy atom. The van der Waals surface area contributed by atoms with Gasteiger partial charge < -0.3 is 0 Å². The molecule has 1 heterocycles. The Morgan fingerprint density at radius 1 is 1.00 bits per heavy atom. The average molecular weight is 199 g/mol. The molecule has 0 aromatic heterocycles. The number of rotatable bonds is 1. The third-order valence-corrected chi connectivity index (χ3v) is 1.98. The predicted octanol–water partition coefficient (Wildman–Crippen LogP) is 3.98. The van der Waals surface area contributed by atoms with Crippen molar-refractivity contribution in [2.24, 2.45) is 4.99 Å². The van der Waals surface area contributed by atoms with E-state index >= 15 is 0 Å². The fourth-order valence-electron chi connectivity index (χ4n) is 1.32. The second-order valence-corrected chi connectivity index (χ2v) is 2.92. The Bertz CT molecular complexity index is 358. The van der Waals surface area contributed by atoms with E-state index in [2.05, 4.69) is 23.2 Å². The van der Waals surface area contributed by atoms with Gasteiger partial charge in [-0.25, -0.2) is 0 Å². The van der Waals surface area contributed by atoms with Gasteiger partial charge in [-0.1, -0.05) is 56.3 Å². The molecule has 0 fully saturated rings. The van der Waals surface area contributed by atoms with Crippen molar-refractivity contribution in [1.29, 1.82) is 0 Å². The van der Waals surface area contributed by atoms with Crippen LogP contribution in [0, 0.1) is 0 Å². The van der Waals surface area contributed by atoms with Gasteiger partial charge in [-0.3, -0.25) is 4.99 Å². The van der Waals surface area contributed by atoms with Crippen molar-refractivity contribution in [3.8, 4) is 0 Å². The lowest BCUT2D eigenvalue weighted by Gasteiger charge is -2.00. The maximum Gasteiger partial charge on any atom is 0.0513 e. The summed E-state index contributed by atoms with van der Waals surface area (Å²) in [6.45, 7) is 4.00. The van der Waals surface area contributed by atoms with Crippen molar-refractivity contribution in [3.05, 3.63) is 60.3 Å². The third-order valence-electron chi connectivity index (χ3n) is 1.98. The first-order chi connectivity index (χ1) is 7.47. The number of benzene rings is 1. The first-order valence-electron chi connectivity index (χ1n) is 5.40. The summed E-state index contributed by atoms with van der Waals surface area (Å²) in [5, 5.41) is 0. The van der Waals surface area contributed by atoms with E-state index in [-0.39, 0.29) is 0 Å². The molecule has 0 radical (unpaired) electrons. The van der Waals surface area contributed by atoms with Gasteiger partial charge in [0.25, 0.3) is 0 Å². The zero-order valence-electron chi connectivity index (χ0n) is 9.35. The molecule has 1 aromatic carbocycles. The topological polar surface area (TPSA) is 12.4 Å². The lowest BCUT2D eigenvalue weighted by atomic mass is 10.1. The minimum Gasteiger partial charge on any atom is -0.260 e. The van der Waals surface area contributed by atoms with Gasteiger partial charge in [-0.05, 0) is 11.6 Å². The Morgan fingerprint density at radius 2 is 1.73 bits per heavy atom. The van der Waals surface area contributed by atoms with Gasteiger partial charge >= 0.3 is 0 Å². The molecule has 0 unspecified atom stereocenters. The van der Waals surface area contributed by atoms with Crippen LogP contribution in [0.1, 0.15) is 25.8 Å². The SMILES string of the molecule is C1=CCC(c2ccccc2)=NC=C1.CC. The highest BCUT2D eigenvalue weighted by molar-refractivity contribution is 6.01. The van der Waals surface area contributed by atoms with E-state index in [0.717, 1.165) is 12.1 Å². The summed E-state index contributed by atoms with van der Waals surface area (Å²) in [5.74, 6) is 0. The zero-order chi connectivity index (χ0) is 10.9. The largest absolute Gasteiger partial charge is 0.260 e. The van der Waals surface area contributed by atoms with Gasteiger partial charge in [0.2, 0.25) is 0 Å². The van der Waals surface area contributed by atoms with Gasteiger partial charge in [-0.2, -0.15) is 0 Å². The predicted molar refractivity (Wildman–Crippen MR) is 67.2 cm³/mol. The van der Waals surface area contributed by atoms with Crippen molar-refractivity contribution < 1.29 is 0 Å². The fraction of sp³-hybridized carbons (Fsp3) is 0.214. The maximum absolute atomic E-state index is 4.37. The quantitative estimate of drug-likeness (QED) is 0.648. The Labute approximate surface area is 91.9 Å². The van der Waals surface area contributed by atoms with Gasteiger partial charge in [0, 0.05) is 12.6 Å². The molecule has 0 amide bonds.